The van der Waals surface area contributed by atoms with E-state index in [0.717, 1.165) is 0 Å². The molecule has 0 heterocycles. The van der Waals surface area contributed by atoms with E-state index in [0.29, 0.717) is 18.8 Å². The summed E-state index contributed by atoms with van der Waals surface area (Å²) in [6.07, 6.45) is 0.638. The van der Waals surface area contributed by atoms with Crippen LogP contribution in [0, 0.1) is 5.82 Å². The SMILES string of the molecule is O=C(NCCCCl)c1c(F)cccc1Cl. The van der Waals surface area contributed by atoms with Crippen molar-refractivity contribution in [2.45, 2.75) is 6.42 Å². The van der Waals surface area contributed by atoms with Crippen LogP contribution in [0.3, 0.4) is 0 Å². The minimum Gasteiger partial charge on any atom is -0.352 e. The molecule has 0 aliphatic rings. The van der Waals surface area contributed by atoms with Crippen LogP contribution in [0.15, 0.2) is 18.2 Å². The van der Waals surface area contributed by atoms with Gasteiger partial charge in [0.15, 0.2) is 0 Å². The van der Waals surface area contributed by atoms with Crippen molar-refractivity contribution < 1.29 is 9.18 Å². The molecule has 82 valence electrons. The molecule has 0 radical (unpaired) electrons. The van der Waals surface area contributed by atoms with E-state index in [2.05, 4.69) is 5.32 Å². The lowest BCUT2D eigenvalue weighted by molar-refractivity contribution is 0.0950. The van der Waals surface area contributed by atoms with E-state index < -0.39 is 11.7 Å². The maximum Gasteiger partial charge on any atom is 0.255 e. The van der Waals surface area contributed by atoms with Crippen LogP contribution in [0.4, 0.5) is 4.39 Å². The summed E-state index contributed by atoms with van der Waals surface area (Å²) in [5, 5.41) is 2.64. The molecule has 1 N–H and O–H groups in total. The summed E-state index contributed by atoms with van der Waals surface area (Å²) in [4.78, 5) is 11.5. The Morgan fingerprint density at radius 1 is 1.47 bits per heavy atom. The molecule has 2 nitrogen and oxygen atoms in total. The van der Waals surface area contributed by atoms with Gasteiger partial charge in [-0.1, -0.05) is 17.7 Å². The Balaban J connectivity index is 2.73. The molecule has 0 saturated heterocycles. The number of rotatable bonds is 4. The number of nitrogens with one attached hydrogen (secondary N) is 1. The topological polar surface area (TPSA) is 29.1 Å². The van der Waals surface area contributed by atoms with Crippen LogP contribution in [0.2, 0.25) is 5.02 Å². The number of carbonyl (C=O) groups is 1. The fourth-order valence-electron chi connectivity index (χ4n) is 1.07. The van der Waals surface area contributed by atoms with Gasteiger partial charge in [-0.2, -0.15) is 0 Å². The van der Waals surface area contributed by atoms with Crippen LogP contribution in [-0.2, 0) is 0 Å². The zero-order chi connectivity index (χ0) is 11.3. The van der Waals surface area contributed by atoms with Crippen LogP contribution in [0.1, 0.15) is 16.8 Å². The van der Waals surface area contributed by atoms with Crippen LogP contribution < -0.4 is 5.32 Å². The Morgan fingerprint density at radius 2 is 2.20 bits per heavy atom. The summed E-state index contributed by atoms with van der Waals surface area (Å²) < 4.78 is 13.2. The monoisotopic (exact) mass is 249 g/mol. The normalized spacial score (nSPS) is 10.1. The van der Waals surface area contributed by atoms with Crippen molar-refractivity contribution >= 4 is 29.1 Å². The van der Waals surface area contributed by atoms with Crippen molar-refractivity contribution in [1.82, 2.24) is 5.32 Å². The zero-order valence-electron chi connectivity index (χ0n) is 7.90. The summed E-state index contributed by atoms with van der Waals surface area (Å²) in [6, 6.07) is 4.12. The van der Waals surface area contributed by atoms with Crippen molar-refractivity contribution in [3.63, 3.8) is 0 Å². The van der Waals surface area contributed by atoms with Gasteiger partial charge < -0.3 is 5.32 Å². The molecule has 0 atom stereocenters. The molecule has 1 aromatic rings. The van der Waals surface area contributed by atoms with Gasteiger partial charge in [-0.3, -0.25) is 4.79 Å². The molecule has 5 heteroatoms. The first-order valence-corrected chi connectivity index (χ1v) is 5.36. The van der Waals surface area contributed by atoms with Crippen molar-refractivity contribution in [1.29, 1.82) is 0 Å². The third-order valence-corrected chi connectivity index (χ3v) is 2.37. The van der Waals surface area contributed by atoms with Crippen LogP contribution >= 0.6 is 23.2 Å². The summed E-state index contributed by atoms with van der Waals surface area (Å²) in [6.45, 7) is 0.410. The number of hydrogen-bond acceptors (Lipinski definition) is 1. The van der Waals surface area contributed by atoms with Crippen LogP contribution in [-0.4, -0.2) is 18.3 Å². The van der Waals surface area contributed by atoms with E-state index in [1.165, 1.54) is 18.2 Å². The van der Waals surface area contributed by atoms with Gasteiger partial charge in [0.05, 0.1) is 10.6 Å². The molecule has 1 rings (SSSR count). The van der Waals surface area contributed by atoms with E-state index in [9.17, 15) is 9.18 Å². The minimum absolute atomic E-state index is 0.110. The predicted octanol–water partition coefficient (Wildman–Crippen LogP) is 2.84. The smallest absolute Gasteiger partial charge is 0.255 e. The molecule has 0 aliphatic carbocycles. The average molecular weight is 250 g/mol. The highest BCUT2D eigenvalue weighted by atomic mass is 35.5. The summed E-state index contributed by atoms with van der Waals surface area (Å²) in [5.74, 6) is -0.681. The molecule has 0 saturated carbocycles. The van der Waals surface area contributed by atoms with Crippen molar-refractivity contribution in [2.24, 2.45) is 0 Å². The zero-order valence-corrected chi connectivity index (χ0v) is 9.41. The number of carbonyl (C=O) groups excluding carboxylic acids is 1. The van der Waals surface area contributed by atoms with Crippen LogP contribution in [0.5, 0.6) is 0 Å². The molecule has 1 aromatic carbocycles. The van der Waals surface area contributed by atoms with E-state index in [4.69, 9.17) is 23.2 Å². The third kappa shape index (κ3) is 3.36. The summed E-state index contributed by atoms with van der Waals surface area (Å²) >= 11 is 11.2. The number of amides is 1. The van der Waals surface area contributed by atoms with Crippen molar-refractivity contribution in [2.75, 3.05) is 12.4 Å². The second kappa shape index (κ2) is 5.93. The molecule has 0 aliphatic heterocycles. The number of halogens is 3. The van der Waals surface area contributed by atoms with Gasteiger partial charge in [-0.15, -0.1) is 11.6 Å². The van der Waals surface area contributed by atoms with Gasteiger partial charge in [0, 0.05) is 12.4 Å². The fraction of sp³-hybridized carbons (Fsp3) is 0.300. The Hall–Kier alpha value is -0.800. The Kier molecular flexibility index (Phi) is 4.85. The molecule has 0 fully saturated rings. The highest BCUT2D eigenvalue weighted by Crippen LogP contribution is 2.18. The molecular formula is C10H10Cl2FNO. The molecule has 0 unspecified atom stereocenters. The average Bonchev–Trinajstić information content (AvgIpc) is 2.18. The second-order valence-electron chi connectivity index (χ2n) is 2.90. The Labute approximate surface area is 97.4 Å². The van der Waals surface area contributed by atoms with Gasteiger partial charge in [0.2, 0.25) is 0 Å². The third-order valence-electron chi connectivity index (χ3n) is 1.79. The second-order valence-corrected chi connectivity index (χ2v) is 3.68. The predicted molar refractivity (Wildman–Crippen MR) is 59.1 cm³/mol. The highest BCUT2D eigenvalue weighted by Gasteiger charge is 2.14. The van der Waals surface area contributed by atoms with E-state index in [1.54, 1.807) is 0 Å². The lowest BCUT2D eigenvalue weighted by Crippen LogP contribution is -2.25. The fourth-order valence-corrected chi connectivity index (χ4v) is 1.45. The first-order chi connectivity index (χ1) is 7.16. The quantitative estimate of drug-likeness (QED) is 0.646. The first kappa shape index (κ1) is 12.3. The number of alkyl halides is 1. The molecule has 1 amide bonds. The molecular weight excluding hydrogens is 240 g/mol. The number of hydrogen-bond donors (Lipinski definition) is 1. The van der Waals surface area contributed by atoms with Gasteiger partial charge in [0.1, 0.15) is 5.82 Å². The van der Waals surface area contributed by atoms with E-state index in [1.807, 2.05) is 0 Å². The lowest BCUT2D eigenvalue weighted by Gasteiger charge is -2.06. The number of benzene rings is 1. The van der Waals surface area contributed by atoms with Gasteiger partial charge in [0.25, 0.3) is 5.91 Å². The van der Waals surface area contributed by atoms with Gasteiger partial charge in [-0.25, -0.2) is 4.39 Å². The lowest BCUT2D eigenvalue weighted by atomic mass is 10.2. The van der Waals surface area contributed by atoms with Gasteiger partial charge >= 0.3 is 0 Å². The van der Waals surface area contributed by atoms with E-state index in [-0.39, 0.29) is 10.6 Å². The van der Waals surface area contributed by atoms with E-state index >= 15 is 0 Å². The first-order valence-electron chi connectivity index (χ1n) is 4.45. The maximum atomic E-state index is 13.2. The molecule has 0 bridgehead atoms. The summed E-state index contributed by atoms with van der Waals surface area (Å²) in [7, 11) is 0. The van der Waals surface area contributed by atoms with Gasteiger partial charge in [-0.05, 0) is 18.6 Å². The molecule has 0 spiro atoms. The largest absolute Gasteiger partial charge is 0.352 e. The maximum absolute atomic E-state index is 13.2. The van der Waals surface area contributed by atoms with Crippen molar-refractivity contribution in [3.05, 3.63) is 34.6 Å². The standard InChI is InChI=1S/C10H10Cl2FNO/c11-5-2-6-14-10(15)9-7(12)3-1-4-8(9)13/h1,3-4H,2,5-6H2,(H,14,15). The molecule has 15 heavy (non-hydrogen) atoms. The van der Waals surface area contributed by atoms with Crippen molar-refractivity contribution in [3.8, 4) is 0 Å². The molecule has 0 aromatic heterocycles. The summed E-state index contributed by atoms with van der Waals surface area (Å²) in [5.41, 5.74) is -0.117. The van der Waals surface area contributed by atoms with Crippen LogP contribution in [0.25, 0.3) is 0 Å². The Morgan fingerprint density at radius 3 is 2.80 bits per heavy atom. The highest BCUT2D eigenvalue weighted by molar-refractivity contribution is 6.33. The Bertz CT molecular complexity index is 337. The minimum atomic E-state index is -0.620.